The van der Waals surface area contributed by atoms with E-state index in [1.165, 1.54) is 35.7 Å². The first-order chi connectivity index (χ1) is 10.1. The van der Waals surface area contributed by atoms with Gasteiger partial charge in [0.25, 0.3) is 0 Å². The molecular weight excluding hydrogens is 306 g/mol. The number of hydrogen-bond acceptors (Lipinski definition) is 4. The number of halogens is 1. The number of rotatable bonds is 4. The highest BCUT2D eigenvalue weighted by molar-refractivity contribution is 8.13. The predicted molar refractivity (Wildman–Crippen MR) is 90.1 cm³/mol. The lowest BCUT2D eigenvalue weighted by Crippen LogP contribution is -2.06. The Hall–Kier alpha value is -1.98. The summed E-state index contributed by atoms with van der Waals surface area (Å²) in [6.07, 6.45) is 1.50. The SMILES string of the molecule is NC(=NN=Cc1ccc(O)cc1Cl)SCc1ccccc1. The highest BCUT2D eigenvalue weighted by atomic mass is 35.5. The van der Waals surface area contributed by atoms with E-state index in [1.54, 1.807) is 6.07 Å². The van der Waals surface area contributed by atoms with Gasteiger partial charge in [0.2, 0.25) is 0 Å². The molecule has 0 fully saturated rings. The first kappa shape index (κ1) is 15.4. The number of nitrogens with zero attached hydrogens (tertiary/aromatic N) is 2. The summed E-state index contributed by atoms with van der Waals surface area (Å²) in [5.41, 5.74) is 7.61. The normalized spacial score (nSPS) is 12.0. The van der Waals surface area contributed by atoms with Gasteiger partial charge in [0.15, 0.2) is 5.17 Å². The molecule has 6 heteroatoms. The number of nitrogens with two attached hydrogens (primary N) is 1. The Morgan fingerprint density at radius 2 is 2.00 bits per heavy atom. The Bertz CT molecular complexity index is 659. The third-order valence-electron chi connectivity index (χ3n) is 2.57. The van der Waals surface area contributed by atoms with E-state index in [2.05, 4.69) is 10.2 Å². The minimum absolute atomic E-state index is 0.110. The van der Waals surface area contributed by atoms with Crippen LogP contribution in [0.5, 0.6) is 5.75 Å². The number of hydrogen-bond donors (Lipinski definition) is 2. The van der Waals surface area contributed by atoms with Gasteiger partial charge in [-0.2, -0.15) is 5.10 Å². The zero-order valence-electron chi connectivity index (χ0n) is 11.1. The van der Waals surface area contributed by atoms with Crippen LogP contribution < -0.4 is 5.73 Å². The Labute approximate surface area is 132 Å². The molecular formula is C15H14ClN3OS. The van der Waals surface area contributed by atoms with Gasteiger partial charge in [-0.15, -0.1) is 5.10 Å². The molecule has 0 heterocycles. The quantitative estimate of drug-likeness (QED) is 0.513. The average Bonchev–Trinajstić information content (AvgIpc) is 2.48. The molecule has 0 spiro atoms. The molecule has 108 valence electrons. The Kier molecular flexibility index (Phi) is 5.66. The van der Waals surface area contributed by atoms with Crippen molar-refractivity contribution < 1.29 is 5.11 Å². The number of benzene rings is 2. The molecule has 0 amide bonds. The molecule has 3 N–H and O–H groups in total. The summed E-state index contributed by atoms with van der Waals surface area (Å²) in [7, 11) is 0. The first-order valence-corrected chi connectivity index (χ1v) is 7.53. The van der Waals surface area contributed by atoms with E-state index in [-0.39, 0.29) is 5.75 Å². The summed E-state index contributed by atoms with van der Waals surface area (Å²) in [5.74, 6) is 0.852. The van der Waals surface area contributed by atoms with Crippen molar-refractivity contribution in [2.45, 2.75) is 5.75 Å². The van der Waals surface area contributed by atoms with Gasteiger partial charge >= 0.3 is 0 Å². The van der Waals surface area contributed by atoms with Crippen LogP contribution >= 0.6 is 23.4 Å². The zero-order valence-corrected chi connectivity index (χ0v) is 12.7. The van der Waals surface area contributed by atoms with Gasteiger partial charge < -0.3 is 10.8 Å². The molecule has 0 atom stereocenters. The van der Waals surface area contributed by atoms with E-state index < -0.39 is 0 Å². The van der Waals surface area contributed by atoms with Crippen molar-refractivity contribution in [2.24, 2.45) is 15.9 Å². The maximum atomic E-state index is 9.25. The number of phenols is 1. The van der Waals surface area contributed by atoms with E-state index in [0.29, 0.717) is 15.8 Å². The van der Waals surface area contributed by atoms with Crippen LogP contribution in [0.25, 0.3) is 0 Å². The van der Waals surface area contributed by atoms with Gasteiger partial charge in [-0.3, -0.25) is 0 Å². The lowest BCUT2D eigenvalue weighted by Gasteiger charge is -1.99. The van der Waals surface area contributed by atoms with Gasteiger partial charge in [0.1, 0.15) is 5.75 Å². The third-order valence-corrected chi connectivity index (χ3v) is 3.75. The molecule has 0 saturated carbocycles. The Morgan fingerprint density at radius 1 is 1.24 bits per heavy atom. The fraction of sp³-hybridized carbons (Fsp3) is 0.0667. The molecule has 0 aliphatic rings. The molecule has 2 aromatic carbocycles. The molecule has 0 bridgehead atoms. The monoisotopic (exact) mass is 319 g/mol. The molecule has 0 aliphatic carbocycles. The Balaban J connectivity index is 1.92. The van der Waals surface area contributed by atoms with E-state index >= 15 is 0 Å². The lowest BCUT2D eigenvalue weighted by molar-refractivity contribution is 0.475. The summed E-state index contributed by atoms with van der Waals surface area (Å²) in [5, 5.41) is 17.8. The van der Waals surface area contributed by atoms with Crippen molar-refractivity contribution in [1.82, 2.24) is 0 Å². The molecule has 4 nitrogen and oxygen atoms in total. The minimum Gasteiger partial charge on any atom is -0.508 e. The van der Waals surface area contributed by atoms with Crippen molar-refractivity contribution in [3.05, 3.63) is 64.7 Å². The summed E-state index contributed by atoms with van der Waals surface area (Å²) < 4.78 is 0. The van der Waals surface area contributed by atoms with Crippen molar-refractivity contribution in [3.63, 3.8) is 0 Å². The second kappa shape index (κ2) is 7.71. The van der Waals surface area contributed by atoms with Crippen molar-refractivity contribution in [1.29, 1.82) is 0 Å². The summed E-state index contributed by atoms with van der Waals surface area (Å²) >= 11 is 7.36. The lowest BCUT2D eigenvalue weighted by atomic mass is 10.2. The van der Waals surface area contributed by atoms with Crippen LogP contribution in [-0.4, -0.2) is 16.5 Å². The maximum absolute atomic E-state index is 9.25. The summed E-state index contributed by atoms with van der Waals surface area (Å²) in [6, 6.07) is 14.6. The van der Waals surface area contributed by atoms with Gasteiger partial charge in [0.05, 0.1) is 11.2 Å². The van der Waals surface area contributed by atoms with Gasteiger partial charge in [-0.25, -0.2) is 0 Å². The molecule has 2 rings (SSSR count). The van der Waals surface area contributed by atoms with E-state index in [4.69, 9.17) is 17.3 Å². The molecule has 0 saturated heterocycles. The third kappa shape index (κ3) is 5.13. The molecule has 0 aromatic heterocycles. The number of phenolic OH excluding ortho intramolecular Hbond substituents is 1. The number of aromatic hydroxyl groups is 1. The van der Waals surface area contributed by atoms with E-state index in [1.807, 2.05) is 30.3 Å². The Morgan fingerprint density at radius 3 is 2.71 bits per heavy atom. The van der Waals surface area contributed by atoms with Crippen molar-refractivity contribution in [3.8, 4) is 5.75 Å². The highest BCUT2D eigenvalue weighted by Gasteiger charge is 1.99. The van der Waals surface area contributed by atoms with Crippen molar-refractivity contribution in [2.75, 3.05) is 0 Å². The van der Waals surface area contributed by atoms with Gasteiger partial charge in [-0.05, 0) is 23.8 Å². The van der Waals surface area contributed by atoms with Crippen LogP contribution in [0, 0.1) is 0 Å². The average molecular weight is 320 g/mol. The molecule has 0 radical (unpaired) electrons. The summed E-state index contributed by atoms with van der Waals surface area (Å²) in [6.45, 7) is 0. The van der Waals surface area contributed by atoms with Crippen LogP contribution in [0.4, 0.5) is 0 Å². The zero-order chi connectivity index (χ0) is 15.1. The smallest absolute Gasteiger partial charge is 0.180 e. The topological polar surface area (TPSA) is 71.0 Å². The van der Waals surface area contributed by atoms with Crippen LogP contribution in [-0.2, 0) is 5.75 Å². The van der Waals surface area contributed by atoms with Gasteiger partial charge in [0, 0.05) is 11.3 Å². The molecule has 2 aromatic rings. The minimum atomic E-state index is 0.110. The number of amidine groups is 1. The fourth-order valence-corrected chi connectivity index (χ4v) is 2.36. The highest BCUT2D eigenvalue weighted by Crippen LogP contribution is 2.20. The predicted octanol–water partition coefficient (Wildman–Crippen LogP) is 3.63. The van der Waals surface area contributed by atoms with Crippen LogP contribution in [0.1, 0.15) is 11.1 Å². The second-order valence-electron chi connectivity index (χ2n) is 4.16. The van der Waals surface area contributed by atoms with Crippen LogP contribution in [0.2, 0.25) is 5.02 Å². The molecule has 0 unspecified atom stereocenters. The van der Waals surface area contributed by atoms with E-state index in [0.717, 1.165) is 5.75 Å². The first-order valence-electron chi connectivity index (χ1n) is 6.17. The van der Waals surface area contributed by atoms with Gasteiger partial charge in [-0.1, -0.05) is 53.7 Å². The van der Waals surface area contributed by atoms with Crippen LogP contribution in [0.15, 0.2) is 58.7 Å². The standard InChI is InChI=1S/C15H14ClN3OS/c16-14-8-13(20)7-6-12(14)9-18-19-15(17)21-10-11-4-2-1-3-5-11/h1-9,20H,10H2,(H2,17,19). The number of thioether (sulfide) groups is 1. The summed E-state index contributed by atoms with van der Waals surface area (Å²) in [4.78, 5) is 0. The van der Waals surface area contributed by atoms with E-state index in [9.17, 15) is 5.11 Å². The molecule has 0 aliphatic heterocycles. The second-order valence-corrected chi connectivity index (χ2v) is 5.57. The maximum Gasteiger partial charge on any atom is 0.180 e. The van der Waals surface area contributed by atoms with Crippen molar-refractivity contribution >= 4 is 34.7 Å². The fourth-order valence-electron chi connectivity index (χ4n) is 1.53. The largest absolute Gasteiger partial charge is 0.508 e. The van der Waals surface area contributed by atoms with Crippen LogP contribution in [0.3, 0.4) is 0 Å². The molecule has 21 heavy (non-hydrogen) atoms.